The van der Waals surface area contributed by atoms with Crippen molar-refractivity contribution in [2.24, 2.45) is 0 Å². The Labute approximate surface area is 99.1 Å². The molecule has 1 saturated carbocycles. The average Bonchev–Trinajstić information content (AvgIpc) is 2.26. The van der Waals surface area contributed by atoms with Crippen LogP contribution in [0.25, 0.3) is 0 Å². The number of hydrogen-bond acceptors (Lipinski definition) is 4. The zero-order chi connectivity index (χ0) is 12.3. The van der Waals surface area contributed by atoms with Crippen molar-refractivity contribution in [3.63, 3.8) is 0 Å². The van der Waals surface area contributed by atoms with Gasteiger partial charge in [0.25, 0.3) is 0 Å². The maximum Gasteiger partial charge on any atom is 0.305 e. The van der Waals surface area contributed by atoms with E-state index in [4.69, 9.17) is 10.4 Å². The Morgan fingerprint density at radius 2 is 2.41 bits per heavy atom. The fourth-order valence-electron chi connectivity index (χ4n) is 2.11. The number of aromatic nitrogens is 1. The molecule has 5 heteroatoms. The molecule has 2 N–H and O–H groups in total. The minimum atomic E-state index is -0.799. The summed E-state index contributed by atoms with van der Waals surface area (Å²) in [5, 5.41) is 20.9. The number of carboxylic acids is 1. The van der Waals surface area contributed by atoms with Crippen molar-refractivity contribution in [1.82, 2.24) is 4.98 Å². The smallest absolute Gasteiger partial charge is 0.305 e. The Morgan fingerprint density at radius 3 is 2.94 bits per heavy atom. The quantitative estimate of drug-likeness (QED) is 0.824. The highest BCUT2D eigenvalue weighted by molar-refractivity contribution is 5.70. The van der Waals surface area contributed by atoms with Crippen molar-refractivity contribution < 1.29 is 9.90 Å². The summed E-state index contributed by atoms with van der Waals surface area (Å²) in [6.07, 6.45) is 4.40. The van der Waals surface area contributed by atoms with Gasteiger partial charge in [-0.2, -0.15) is 5.26 Å². The number of hydrogen-bond donors (Lipinski definition) is 2. The fraction of sp³-hybridized carbons (Fsp3) is 0.417. The molecule has 0 atom stereocenters. The van der Waals surface area contributed by atoms with Crippen molar-refractivity contribution in [3.8, 4) is 6.07 Å². The summed E-state index contributed by atoms with van der Waals surface area (Å²) in [5.74, 6) is -0.799. The molecule has 0 unspecified atom stereocenters. The van der Waals surface area contributed by atoms with Crippen molar-refractivity contribution in [1.29, 1.82) is 5.26 Å². The van der Waals surface area contributed by atoms with Crippen LogP contribution in [0, 0.1) is 11.3 Å². The van der Waals surface area contributed by atoms with Crippen LogP contribution in [0.3, 0.4) is 0 Å². The minimum Gasteiger partial charge on any atom is -0.481 e. The zero-order valence-corrected chi connectivity index (χ0v) is 9.31. The third-order valence-electron chi connectivity index (χ3n) is 3.08. The van der Waals surface area contributed by atoms with E-state index in [2.05, 4.69) is 10.3 Å². The standard InChI is InChI=1S/C12H13N3O2/c13-8-10-6-9(2-5-14-10)15-12(3-1-4-12)7-11(16)17/h2,5-6H,1,3-4,7H2,(H,14,15)(H,16,17). The van der Waals surface area contributed by atoms with E-state index in [1.54, 1.807) is 18.3 Å². The van der Waals surface area contributed by atoms with Crippen LogP contribution in [0.15, 0.2) is 18.3 Å². The Kier molecular flexibility index (Phi) is 2.96. The van der Waals surface area contributed by atoms with Crippen LogP contribution < -0.4 is 5.32 Å². The highest BCUT2D eigenvalue weighted by atomic mass is 16.4. The van der Waals surface area contributed by atoms with Gasteiger partial charge in [0.1, 0.15) is 11.8 Å². The summed E-state index contributed by atoms with van der Waals surface area (Å²) in [7, 11) is 0. The van der Waals surface area contributed by atoms with Gasteiger partial charge in [-0.25, -0.2) is 4.98 Å². The lowest BCUT2D eigenvalue weighted by Crippen LogP contribution is -2.46. The summed E-state index contributed by atoms with van der Waals surface area (Å²) in [6, 6.07) is 5.36. The number of pyridine rings is 1. The average molecular weight is 231 g/mol. The number of rotatable bonds is 4. The van der Waals surface area contributed by atoms with Gasteiger partial charge in [0.05, 0.1) is 6.42 Å². The molecule has 0 aromatic carbocycles. The molecule has 2 rings (SSSR count). The van der Waals surface area contributed by atoms with E-state index in [9.17, 15) is 4.79 Å². The topological polar surface area (TPSA) is 86.0 Å². The van der Waals surface area contributed by atoms with Gasteiger partial charge in [-0.3, -0.25) is 4.79 Å². The van der Waals surface area contributed by atoms with Crippen molar-refractivity contribution in [3.05, 3.63) is 24.0 Å². The predicted molar refractivity (Wildman–Crippen MR) is 61.4 cm³/mol. The number of carboxylic acid groups (broad SMARTS) is 1. The molecule has 1 aromatic rings. The van der Waals surface area contributed by atoms with Crippen molar-refractivity contribution in [2.45, 2.75) is 31.2 Å². The summed E-state index contributed by atoms with van der Waals surface area (Å²) >= 11 is 0. The van der Waals surface area contributed by atoms with Gasteiger partial charge < -0.3 is 10.4 Å². The van der Waals surface area contributed by atoms with Crippen LogP contribution in [0.5, 0.6) is 0 Å². The number of carbonyl (C=O) groups is 1. The Hall–Kier alpha value is -2.09. The first-order chi connectivity index (χ1) is 8.13. The number of aliphatic carboxylic acids is 1. The molecule has 0 amide bonds. The molecule has 0 aliphatic heterocycles. The molecule has 0 saturated heterocycles. The SMILES string of the molecule is N#Cc1cc(NC2(CC(=O)O)CCC2)ccn1. The molecule has 0 spiro atoms. The largest absolute Gasteiger partial charge is 0.481 e. The first kappa shape index (κ1) is 11.4. The highest BCUT2D eigenvalue weighted by Gasteiger charge is 2.38. The Balaban J connectivity index is 2.13. The maximum atomic E-state index is 10.8. The van der Waals surface area contributed by atoms with Crippen LogP contribution in [0.4, 0.5) is 5.69 Å². The molecule has 1 aliphatic carbocycles. The van der Waals surface area contributed by atoms with Gasteiger partial charge in [0.2, 0.25) is 0 Å². The second kappa shape index (κ2) is 4.42. The Morgan fingerprint density at radius 1 is 1.65 bits per heavy atom. The lowest BCUT2D eigenvalue weighted by molar-refractivity contribution is -0.138. The number of nitrogens with zero attached hydrogens (tertiary/aromatic N) is 2. The second-order valence-corrected chi connectivity index (χ2v) is 4.37. The van der Waals surface area contributed by atoms with Gasteiger partial charge in [0.15, 0.2) is 0 Å². The Bertz CT molecular complexity index is 475. The van der Waals surface area contributed by atoms with E-state index in [-0.39, 0.29) is 12.0 Å². The number of nitriles is 1. The van der Waals surface area contributed by atoms with E-state index >= 15 is 0 Å². The fourth-order valence-corrected chi connectivity index (χ4v) is 2.11. The molecule has 5 nitrogen and oxygen atoms in total. The first-order valence-electron chi connectivity index (χ1n) is 5.50. The van der Waals surface area contributed by atoms with E-state index in [1.807, 2.05) is 6.07 Å². The van der Waals surface area contributed by atoms with Gasteiger partial charge in [-0.05, 0) is 31.4 Å². The predicted octanol–water partition coefficient (Wildman–Crippen LogP) is 1.76. The normalized spacial score (nSPS) is 16.6. The highest BCUT2D eigenvalue weighted by Crippen LogP contribution is 2.38. The van der Waals surface area contributed by atoms with Gasteiger partial charge in [0, 0.05) is 17.4 Å². The summed E-state index contributed by atoms with van der Waals surface area (Å²) in [5.41, 5.74) is 0.747. The van der Waals surface area contributed by atoms with Gasteiger partial charge in [-0.1, -0.05) is 0 Å². The molecular weight excluding hydrogens is 218 g/mol. The number of nitrogens with one attached hydrogen (secondary N) is 1. The summed E-state index contributed by atoms with van der Waals surface area (Å²) < 4.78 is 0. The molecule has 0 radical (unpaired) electrons. The van der Waals surface area contributed by atoms with E-state index in [0.717, 1.165) is 24.9 Å². The zero-order valence-electron chi connectivity index (χ0n) is 9.31. The van der Waals surface area contributed by atoms with Crippen molar-refractivity contribution >= 4 is 11.7 Å². The van der Waals surface area contributed by atoms with E-state index in [1.165, 1.54) is 0 Å². The first-order valence-corrected chi connectivity index (χ1v) is 5.50. The van der Waals surface area contributed by atoms with Crippen LogP contribution in [-0.4, -0.2) is 21.6 Å². The third kappa shape index (κ3) is 2.53. The molecule has 88 valence electrons. The molecule has 17 heavy (non-hydrogen) atoms. The van der Waals surface area contributed by atoms with Crippen LogP contribution in [0.1, 0.15) is 31.4 Å². The lowest BCUT2D eigenvalue weighted by Gasteiger charge is -2.42. The molecule has 0 bridgehead atoms. The van der Waals surface area contributed by atoms with Gasteiger partial charge >= 0.3 is 5.97 Å². The third-order valence-corrected chi connectivity index (χ3v) is 3.08. The summed E-state index contributed by atoms with van der Waals surface area (Å²) in [4.78, 5) is 14.7. The molecule has 1 fully saturated rings. The minimum absolute atomic E-state index is 0.108. The molecule has 1 aliphatic rings. The van der Waals surface area contributed by atoms with Gasteiger partial charge in [-0.15, -0.1) is 0 Å². The molecular formula is C12H13N3O2. The van der Waals surface area contributed by atoms with Crippen LogP contribution in [0.2, 0.25) is 0 Å². The molecule has 1 aromatic heterocycles. The maximum absolute atomic E-state index is 10.8. The monoisotopic (exact) mass is 231 g/mol. The van der Waals surface area contributed by atoms with Crippen LogP contribution >= 0.6 is 0 Å². The van der Waals surface area contributed by atoms with Crippen LogP contribution in [-0.2, 0) is 4.79 Å². The van der Waals surface area contributed by atoms with Crippen molar-refractivity contribution in [2.75, 3.05) is 5.32 Å². The summed E-state index contributed by atoms with van der Waals surface area (Å²) in [6.45, 7) is 0. The number of anilines is 1. The van der Waals surface area contributed by atoms with E-state index in [0.29, 0.717) is 5.69 Å². The van der Waals surface area contributed by atoms with E-state index < -0.39 is 5.97 Å². The molecule has 1 heterocycles. The second-order valence-electron chi connectivity index (χ2n) is 4.37. The lowest BCUT2D eigenvalue weighted by atomic mass is 9.74.